The summed E-state index contributed by atoms with van der Waals surface area (Å²) in [7, 11) is 0. The van der Waals surface area contributed by atoms with Crippen LogP contribution in [0.15, 0.2) is 97.1 Å². The summed E-state index contributed by atoms with van der Waals surface area (Å²) < 4.78 is 5.18. The van der Waals surface area contributed by atoms with Gasteiger partial charge in [0.15, 0.2) is 0 Å². The van der Waals surface area contributed by atoms with Gasteiger partial charge in [-0.25, -0.2) is 9.80 Å². The molecule has 13 heteroatoms. The lowest BCUT2D eigenvalue weighted by molar-refractivity contribution is -0.142. The third-order valence-electron chi connectivity index (χ3n) is 7.43. The van der Waals surface area contributed by atoms with Crippen molar-refractivity contribution in [2.45, 2.75) is 44.9 Å². The minimum Gasteiger partial charge on any atom is -0.445 e. The number of carbonyl (C=O) groups excluding carboxylic acids is 6. The number of nitrogens with one attached hydrogen (secondary N) is 3. The number of hydrazine groups is 1. The molecule has 1 aliphatic rings. The number of benzene rings is 3. The Labute approximate surface area is 278 Å². The molecule has 1 heterocycles. The number of aryl methyl sites for hydroxylation is 1. The van der Waals surface area contributed by atoms with Gasteiger partial charge >= 0.3 is 6.09 Å². The first-order chi connectivity index (χ1) is 23.1. The summed E-state index contributed by atoms with van der Waals surface area (Å²) in [4.78, 5) is 78.5. The van der Waals surface area contributed by atoms with Gasteiger partial charge in [-0.3, -0.25) is 29.4 Å². The average molecular weight is 655 g/mol. The number of anilines is 1. The van der Waals surface area contributed by atoms with E-state index in [0.29, 0.717) is 17.1 Å². The Morgan fingerprint density at radius 3 is 2.19 bits per heavy atom. The van der Waals surface area contributed by atoms with Crippen LogP contribution in [0.25, 0.3) is 0 Å². The Bertz CT molecular complexity index is 1650. The molecule has 0 radical (unpaired) electrons. The van der Waals surface area contributed by atoms with Crippen molar-refractivity contribution in [1.29, 1.82) is 0 Å². The average Bonchev–Trinajstić information content (AvgIpc) is 3.09. The van der Waals surface area contributed by atoms with Crippen LogP contribution in [0.3, 0.4) is 0 Å². The van der Waals surface area contributed by atoms with Crippen LogP contribution in [0.1, 0.15) is 30.0 Å². The van der Waals surface area contributed by atoms with E-state index in [1.54, 1.807) is 59.5 Å². The zero-order valence-corrected chi connectivity index (χ0v) is 26.5. The monoisotopic (exact) mass is 654 g/mol. The highest BCUT2D eigenvalue weighted by atomic mass is 16.5. The first-order valence-electron chi connectivity index (χ1n) is 15.4. The number of primary amides is 1. The molecule has 4 rings (SSSR count). The minimum absolute atomic E-state index is 0.00482. The topological polar surface area (TPSA) is 180 Å². The number of alkyl carbamates (subject to hydrolysis) is 1. The summed E-state index contributed by atoms with van der Waals surface area (Å²) in [5.74, 6) is -3.81. The lowest BCUT2D eigenvalue weighted by atomic mass is 10.0. The predicted molar refractivity (Wildman–Crippen MR) is 177 cm³/mol. The molecular weight excluding hydrogens is 616 g/mol. The molecule has 1 aliphatic heterocycles. The van der Waals surface area contributed by atoms with Crippen molar-refractivity contribution in [3.63, 3.8) is 0 Å². The number of nitrogens with zero attached hydrogens (tertiary/aromatic N) is 2. The van der Waals surface area contributed by atoms with Crippen LogP contribution in [0.4, 0.5) is 10.5 Å². The third-order valence-corrected chi connectivity index (χ3v) is 7.43. The maximum Gasteiger partial charge on any atom is 0.408 e. The van der Waals surface area contributed by atoms with Crippen molar-refractivity contribution < 1.29 is 33.5 Å². The SMILES string of the molecule is C[C@H](NC(=O)OCc1ccccc1)C(=O)N[C@@H](Cc1ccccc1)C(=O)NN(CC(N)=O)C(=O)/C=C/C(=O)N1CCCc2ccccc21. The molecule has 3 aromatic carbocycles. The molecular formula is C35H38N6O7. The molecule has 5 N–H and O–H groups in total. The highest BCUT2D eigenvalue weighted by Gasteiger charge is 2.28. The van der Waals surface area contributed by atoms with E-state index in [2.05, 4.69) is 16.1 Å². The molecule has 3 aromatic rings. The zero-order valence-electron chi connectivity index (χ0n) is 26.5. The van der Waals surface area contributed by atoms with Crippen molar-refractivity contribution in [3.05, 3.63) is 114 Å². The Kier molecular flexibility index (Phi) is 12.4. The Hall–Kier alpha value is -5.98. The molecule has 0 saturated carbocycles. The summed E-state index contributed by atoms with van der Waals surface area (Å²) in [6, 6.07) is 22.9. The smallest absolute Gasteiger partial charge is 0.408 e. The third kappa shape index (κ3) is 10.3. The molecule has 6 amide bonds. The van der Waals surface area contributed by atoms with Crippen molar-refractivity contribution in [3.8, 4) is 0 Å². The van der Waals surface area contributed by atoms with E-state index in [1.807, 2.05) is 30.3 Å². The van der Waals surface area contributed by atoms with Crippen molar-refractivity contribution >= 4 is 41.3 Å². The second-order valence-corrected chi connectivity index (χ2v) is 11.1. The number of fused-ring (bicyclic) bond motifs is 1. The van der Waals surface area contributed by atoms with Crippen LogP contribution >= 0.6 is 0 Å². The summed E-state index contributed by atoms with van der Waals surface area (Å²) in [6.07, 6.45) is 2.77. The molecule has 0 bridgehead atoms. The van der Waals surface area contributed by atoms with Crippen LogP contribution in [0.2, 0.25) is 0 Å². The number of hydrogen-bond acceptors (Lipinski definition) is 7. The summed E-state index contributed by atoms with van der Waals surface area (Å²) in [6.45, 7) is 1.18. The van der Waals surface area contributed by atoms with Gasteiger partial charge in [0, 0.05) is 30.8 Å². The van der Waals surface area contributed by atoms with Crippen LogP contribution < -0.4 is 26.7 Å². The second-order valence-electron chi connectivity index (χ2n) is 11.1. The molecule has 0 unspecified atom stereocenters. The van der Waals surface area contributed by atoms with E-state index >= 15 is 0 Å². The number of amides is 6. The van der Waals surface area contributed by atoms with Crippen LogP contribution in [0, 0.1) is 0 Å². The number of hydrogen-bond donors (Lipinski definition) is 4. The van der Waals surface area contributed by atoms with E-state index in [9.17, 15) is 28.8 Å². The fourth-order valence-corrected chi connectivity index (χ4v) is 4.99. The van der Waals surface area contributed by atoms with Gasteiger partial charge in [-0.1, -0.05) is 78.9 Å². The molecule has 0 aromatic heterocycles. The van der Waals surface area contributed by atoms with Gasteiger partial charge in [-0.15, -0.1) is 0 Å². The van der Waals surface area contributed by atoms with Gasteiger partial charge in [0.05, 0.1) is 0 Å². The summed E-state index contributed by atoms with van der Waals surface area (Å²) in [5, 5.41) is 5.69. The molecule has 0 aliphatic carbocycles. The van der Waals surface area contributed by atoms with Gasteiger partial charge in [0.1, 0.15) is 25.2 Å². The van der Waals surface area contributed by atoms with Gasteiger partial charge in [0.25, 0.3) is 17.7 Å². The molecule has 250 valence electrons. The number of rotatable bonds is 12. The normalized spacial score (nSPS) is 13.4. The highest BCUT2D eigenvalue weighted by Crippen LogP contribution is 2.26. The summed E-state index contributed by atoms with van der Waals surface area (Å²) >= 11 is 0. The first kappa shape index (κ1) is 34.9. The predicted octanol–water partition coefficient (Wildman–Crippen LogP) is 1.91. The van der Waals surface area contributed by atoms with Crippen LogP contribution in [0.5, 0.6) is 0 Å². The maximum atomic E-state index is 13.5. The van der Waals surface area contributed by atoms with E-state index in [1.165, 1.54) is 6.92 Å². The fourth-order valence-electron chi connectivity index (χ4n) is 4.99. The van der Waals surface area contributed by atoms with E-state index < -0.39 is 54.3 Å². The number of carbonyl (C=O) groups is 6. The second kappa shape index (κ2) is 17.1. The largest absolute Gasteiger partial charge is 0.445 e. The first-order valence-corrected chi connectivity index (χ1v) is 15.4. The Balaban J connectivity index is 1.42. The number of ether oxygens (including phenoxy) is 1. The molecule has 0 spiro atoms. The highest BCUT2D eigenvalue weighted by molar-refractivity contribution is 6.06. The van der Waals surface area contributed by atoms with E-state index in [-0.39, 0.29) is 13.0 Å². The van der Waals surface area contributed by atoms with Crippen molar-refractivity contribution in [1.82, 2.24) is 21.1 Å². The maximum absolute atomic E-state index is 13.5. The molecule has 0 saturated heterocycles. The molecule has 48 heavy (non-hydrogen) atoms. The minimum atomic E-state index is -1.25. The van der Waals surface area contributed by atoms with E-state index in [0.717, 1.165) is 41.8 Å². The van der Waals surface area contributed by atoms with Gasteiger partial charge in [0.2, 0.25) is 11.8 Å². The van der Waals surface area contributed by atoms with Gasteiger partial charge in [-0.05, 0) is 42.5 Å². The zero-order chi connectivity index (χ0) is 34.5. The van der Waals surface area contributed by atoms with Crippen LogP contribution in [-0.2, 0) is 48.2 Å². The van der Waals surface area contributed by atoms with Gasteiger partial charge < -0.3 is 26.0 Å². The molecule has 13 nitrogen and oxygen atoms in total. The van der Waals surface area contributed by atoms with Crippen molar-refractivity contribution in [2.75, 3.05) is 18.0 Å². The Morgan fingerprint density at radius 2 is 1.50 bits per heavy atom. The Morgan fingerprint density at radius 1 is 0.854 bits per heavy atom. The fraction of sp³-hybridized carbons (Fsp3) is 0.257. The van der Waals surface area contributed by atoms with E-state index in [4.69, 9.17) is 10.5 Å². The molecule has 2 atom stereocenters. The number of para-hydroxylation sites is 1. The standard InChI is InChI=1S/C35H38N6O7/c1-24(37-35(47)48-23-26-13-6-3-7-14-26)33(45)38-28(21-25-11-4-2-5-12-25)34(46)39-41(22-30(36)42)32(44)19-18-31(43)40-20-10-16-27-15-8-9-17-29(27)40/h2-9,11-15,17-19,24,28H,10,16,20-23H2,1H3,(H2,36,42)(H,37,47)(H,38,45)(H,39,46)/b19-18+/t24-,28-/m0/s1. The molecule has 0 fully saturated rings. The lowest BCUT2D eigenvalue weighted by Gasteiger charge is -2.28. The summed E-state index contributed by atoms with van der Waals surface area (Å²) in [5.41, 5.74) is 10.9. The van der Waals surface area contributed by atoms with Crippen molar-refractivity contribution in [2.24, 2.45) is 5.73 Å². The quantitative estimate of drug-likeness (QED) is 0.170. The van der Waals surface area contributed by atoms with Gasteiger partial charge in [-0.2, -0.15) is 0 Å². The lowest BCUT2D eigenvalue weighted by Crippen LogP contribution is -2.58. The van der Waals surface area contributed by atoms with Crippen LogP contribution in [-0.4, -0.2) is 65.8 Å². The number of nitrogens with two attached hydrogens (primary N) is 1.